The molecule has 1 aliphatic carbocycles. The quantitative estimate of drug-likeness (QED) is 0.796. The molecule has 1 aliphatic heterocycles. The lowest BCUT2D eigenvalue weighted by molar-refractivity contribution is 0.143. The summed E-state index contributed by atoms with van der Waals surface area (Å²) >= 11 is 6.14. The van der Waals surface area contributed by atoms with Crippen LogP contribution in [0.5, 0.6) is 0 Å². The summed E-state index contributed by atoms with van der Waals surface area (Å²) in [5, 5.41) is 0.570. The van der Waals surface area contributed by atoms with Crippen molar-refractivity contribution in [2.45, 2.75) is 31.6 Å². The van der Waals surface area contributed by atoms with Crippen molar-refractivity contribution < 1.29 is 4.74 Å². The highest BCUT2D eigenvalue weighted by Crippen LogP contribution is 2.39. The topological polar surface area (TPSA) is 38.2 Å². The normalized spacial score (nSPS) is 23.7. The average Bonchev–Trinajstić information content (AvgIpc) is 3.23. The lowest BCUT2D eigenvalue weighted by atomic mass is 9.99. The number of ether oxygens (including phenoxy) is 1. The molecule has 2 heterocycles. The van der Waals surface area contributed by atoms with Crippen molar-refractivity contribution in [2.75, 3.05) is 31.7 Å². The first-order chi connectivity index (χ1) is 9.26. The van der Waals surface area contributed by atoms with Gasteiger partial charge in [0.25, 0.3) is 0 Å². The van der Waals surface area contributed by atoms with E-state index in [4.69, 9.17) is 21.3 Å². The van der Waals surface area contributed by atoms with Crippen molar-refractivity contribution >= 4 is 17.4 Å². The second kappa shape index (κ2) is 5.63. The van der Waals surface area contributed by atoms with Crippen LogP contribution in [0.1, 0.15) is 37.4 Å². The van der Waals surface area contributed by atoms with Crippen molar-refractivity contribution in [3.05, 3.63) is 17.0 Å². The predicted octanol–water partition coefficient (Wildman–Crippen LogP) is 2.87. The zero-order valence-electron chi connectivity index (χ0n) is 11.3. The minimum Gasteiger partial charge on any atom is -0.384 e. The molecule has 0 amide bonds. The molecule has 0 bridgehead atoms. The molecule has 3 rings (SSSR count). The lowest BCUT2D eigenvalue weighted by Gasteiger charge is -2.33. The van der Waals surface area contributed by atoms with E-state index >= 15 is 0 Å². The Morgan fingerprint density at radius 3 is 2.95 bits per heavy atom. The van der Waals surface area contributed by atoms with Crippen LogP contribution in [0, 0.1) is 5.92 Å². The maximum Gasteiger partial charge on any atom is 0.135 e. The van der Waals surface area contributed by atoms with Crippen molar-refractivity contribution in [3.63, 3.8) is 0 Å². The van der Waals surface area contributed by atoms with Crippen molar-refractivity contribution in [1.29, 1.82) is 0 Å². The van der Waals surface area contributed by atoms with Crippen LogP contribution in [0.15, 0.2) is 6.07 Å². The molecule has 0 spiro atoms. The number of halogens is 1. The van der Waals surface area contributed by atoms with Crippen LogP contribution >= 0.6 is 11.6 Å². The first kappa shape index (κ1) is 13.1. The zero-order chi connectivity index (χ0) is 13.2. The fourth-order valence-corrected chi connectivity index (χ4v) is 2.94. The van der Waals surface area contributed by atoms with E-state index in [2.05, 4.69) is 9.88 Å². The third kappa shape index (κ3) is 3.18. The fourth-order valence-electron chi connectivity index (χ4n) is 2.75. The van der Waals surface area contributed by atoms with Crippen molar-refractivity contribution in [2.24, 2.45) is 5.92 Å². The van der Waals surface area contributed by atoms with Gasteiger partial charge in [-0.05, 0) is 31.6 Å². The number of anilines is 1. The minimum absolute atomic E-state index is 0.539. The first-order valence-electron chi connectivity index (χ1n) is 7.04. The molecule has 1 saturated carbocycles. The van der Waals surface area contributed by atoms with Gasteiger partial charge in [-0.15, -0.1) is 0 Å². The van der Waals surface area contributed by atoms with Gasteiger partial charge in [-0.25, -0.2) is 9.97 Å². The van der Waals surface area contributed by atoms with Gasteiger partial charge >= 0.3 is 0 Å². The Morgan fingerprint density at radius 2 is 2.21 bits per heavy atom. The summed E-state index contributed by atoms with van der Waals surface area (Å²) in [4.78, 5) is 11.4. The Morgan fingerprint density at radius 1 is 1.37 bits per heavy atom. The van der Waals surface area contributed by atoms with Crippen LogP contribution in [0.2, 0.25) is 5.15 Å². The number of aromatic nitrogens is 2. The number of nitrogens with zero attached hydrogens (tertiary/aromatic N) is 3. The molecular formula is C14H20ClN3O. The molecular weight excluding hydrogens is 262 g/mol. The van der Waals surface area contributed by atoms with E-state index in [1.54, 1.807) is 7.11 Å². The molecule has 2 aliphatic rings. The third-order valence-electron chi connectivity index (χ3n) is 3.89. The van der Waals surface area contributed by atoms with Crippen LogP contribution < -0.4 is 4.90 Å². The molecule has 0 N–H and O–H groups in total. The summed E-state index contributed by atoms with van der Waals surface area (Å²) in [6.07, 6.45) is 4.82. The molecule has 1 unspecified atom stereocenters. The highest BCUT2D eigenvalue weighted by molar-refractivity contribution is 6.29. The molecule has 4 nitrogen and oxygen atoms in total. The van der Waals surface area contributed by atoms with Gasteiger partial charge in [0.1, 0.15) is 16.8 Å². The van der Waals surface area contributed by atoms with E-state index in [-0.39, 0.29) is 0 Å². The molecule has 5 heteroatoms. The molecule has 2 fully saturated rings. The Bertz CT molecular complexity index is 448. The Labute approximate surface area is 119 Å². The smallest absolute Gasteiger partial charge is 0.135 e. The van der Waals surface area contributed by atoms with Gasteiger partial charge in [-0.2, -0.15) is 0 Å². The molecule has 1 atom stereocenters. The number of hydrogen-bond acceptors (Lipinski definition) is 4. The molecule has 0 aromatic carbocycles. The van der Waals surface area contributed by atoms with Gasteiger partial charge in [-0.1, -0.05) is 11.6 Å². The maximum absolute atomic E-state index is 6.14. The summed E-state index contributed by atoms with van der Waals surface area (Å²) in [6.45, 7) is 2.88. The number of methoxy groups -OCH3 is 1. The second-order valence-corrected chi connectivity index (χ2v) is 5.98. The fraction of sp³-hybridized carbons (Fsp3) is 0.714. The van der Waals surface area contributed by atoms with Crippen LogP contribution in [0.25, 0.3) is 0 Å². The molecule has 19 heavy (non-hydrogen) atoms. The number of hydrogen-bond donors (Lipinski definition) is 0. The van der Waals surface area contributed by atoms with Gasteiger partial charge in [-0.3, -0.25) is 0 Å². The van der Waals surface area contributed by atoms with Gasteiger partial charge in [0.2, 0.25) is 0 Å². The molecule has 1 aromatic rings. The number of piperidine rings is 1. The summed E-state index contributed by atoms with van der Waals surface area (Å²) < 4.78 is 5.28. The van der Waals surface area contributed by atoms with Crippen LogP contribution in [0.4, 0.5) is 5.82 Å². The summed E-state index contributed by atoms with van der Waals surface area (Å²) in [7, 11) is 1.77. The Balaban J connectivity index is 1.76. The minimum atomic E-state index is 0.539. The second-order valence-electron chi connectivity index (χ2n) is 5.59. The Hall–Kier alpha value is -0.870. The highest BCUT2D eigenvalue weighted by atomic mass is 35.5. The molecule has 1 saturated heterocycles. The molecule has 104 valence electrons. The van der Waals surface area contributed by atoms with Crippen LogP contribution in [-0.4, -0.2) is 36.8 Å². The predicted molar refractivity (Wildman–Crippen MR) is 75.8 cm³/mol. The maximum atomic E-state index is 6.14. The van der Waals surface area contributed by atoms with Crippen LogP contribution in [0.3, 0.4) is 0 Å². The summed E-state index contributed by atoms with van der Waals surface area (Å²) in [5.41, 5.74) is 0. The summed E-state index contributed by atoms with van der Waals surface area (Å²) in [5.74, 6) is 3.05. The SMILES string of the molecule is COCC1CCCN(c2cc(Cl)nc(C3CC3)n2)C1. The third-order valence-corrected chi connectivity index (χ3v) is 4.08. The Kier molecular flexibility index (Phi) is 3.89. The van der Waals surface area contributed by atoms with E-state index < -0.39 is 0 Å². The standard InChI is InChI=1S/C14H20ClN3O/c1-19-9-10-3-2-6-18(8-10)13-7-12(15)16-14(17-13)11-4-5-11/h7,10-11H,2-6,8-9H2,1H3. The monoisotopic (exact) mass is 281 g/mol. The van der Waals surface area contributed by atoms with Gasteiger partial charge in [0.05, 0.1) is 6.61 Å². The lowest BCUT2D eigenvalue weighted by Crippen LogP contribution is -2.37. The van der Waals surface area contributed by atoms with E-state index in [0.717, 1.165) is 31.3 Å². The van der Waals surface area contributed by atoms with Crippen molar-refractivity contribution in [3.8, 4) is 0 Å². The van der Waals surface area contributed by atoms with E-state index in [1.807, 2.05) is 6.07 Å². The van der Waals surface area contributed by atoms with Gasteiger partial charge in [0, 0.05) is 32.2 Å². The molecule has 1 aromatic heterocycles. The number of rotatable bonds is 4. The van der Waals surface area contributed by atoms with Gasteiger partial charge in [0.15, 0.2) is 0 Å². The highest BCUT2D eigenvalue weighted by Gasteiger charge is 2.28. The largest absolute Gasteiger partial charge is 0.384 e. The van der Waals surface area contributed by atoms with Crippen LogP contribution in [-0.2, 0) is 4.74 Å². The van der Waals surface area contributed by atoms with E-state index in [9.17, 15) is 0 Å². The van der Waals surface area contributed by atoms with Crippen molar-refractivity contribution in [1.82, 2.24) is 9.97 Å². The van der Waals surface area contributed by atoms with Gasteiger partial charge < -0.3 is 9.64 Å². The van der Waals surface area contributed by atoms with E-state index in [1.165, 1.54) is 25.7 Å². The van der Waals surface area contributed by atoms with E-state index in [0.29, 0.717) is 17.0 Å². The first-order valence-corrected chi connectivity index (χ1v) is 7.42. The molecule has 0 radical (unpaired) electrons. The zero-order valence-corrected chi connectivity index (χ0v) is 12.1. The average molecular weight is 282 g/mol. The summed E-state index contributed by atoms with van der Waals surface area (Å²) in [6, 6.07) is 1.89.